The Morgan fingerprint density at radius 1 is 0.379 bits per heavy atom. The third-order valence-electron chi connectivity index (χ3n) is 11.3. The van der Waals surface area contributed by atoms with Crippen LogP contribution in [0.25, 0.3) is 81.0 Å². The predicted molar refractivity (Wildman–Crippen MR) is 245 cm³/mol. The molecule has 0 saturated heterocycles. The summed E-state index contributed by atoms with van der Waals surface area (Å²) < 4.78 is 19.3. The molecule has 9 aromatic carbocycles. The molecular weight excluding hydrogens is 728 g/mol. The van der Waals surface area contributed by atoms with Gasteiger partial charge in [-0.2, -0.15) is 0 Å². The molecule has 2 heterocycles. The average molecular weight is 763 g/mol. The minimum Gasteiger partial charge on any atom is -0.310 e. The van der Waals surface area contributed by atoms with Crippen molar-refractivity contribution in [3.05, 3.63) is 218 Å². The molecule has 0 aliphatic rings. The van der Waals surface area contributed by atoms with E-state index in [9.17, 15) is 4.39 Å². The fourth-order valence-corrected chi connectivity index (χ4v) is 9.73. The summed E-state index contributed by atoms with van der Waals surface area (Å²) in [4.78, 5) is 2.34. The third-order valence-corrected chi connectivity index (χ3v) is 12.5. The molecule has 0 bridgehead atoms. The molecule has 0 unspecified atom stereocenters. The van der Waals surface area contributed by atoms with Gasteiger partial charge in [-0.05, 0) is 112 Å². The van der Waals surface area contributed by atoms with Crippen LogP contribution in [0.4, 0.5) is 21.5 Å². The molecule has 58 heavy (non-hydrogen) atoms. The molecule has 0 saturated carbocycles. The number of rotatable bonds is 7. The Hall–Kier alpha value is -7.27. The van der Waals surface area contributed by atoms with Crippen molar-refractivity contribution in [3.63, 3.8) is 0 Å². The Balaban J connectivity index is 0.983. The number of benzene rings is 9. The van der Waals surface area contributed by atoms with E-state index in [2.05, 4.69) is 191 Å². The van der Waals surface area contributed by atoms with Crippen LogP contribution < -0.4 is 4.90 Å². The summed E-state index contributed by atoms with van der Waals surface area (Å²) in [6.07, 6.45) is 0. The highest BCUT2D eigenvalue weighted by atomic mass is 32.1. The number of nitrogens with zero attached hydrogens (tertiary/aromatic N) is 2. The van der Waals surface area contributed by atoms with Crippen LogP contribution in [-0.4, -0.2) is 4.57 Å². The highest BCUT2D eigenvalue weighted by Crippen LogP contribution is 2.42. The second kappa shape index (κ2) is 14.0. The Kier molecular flexibility index (Phi) is 8.23. The molecule has 0 atom stereocenters. The summed E-state index contributed by atoms with van der Waals surface area (Å²) in [6, 6.07) is 74.3. The van der Waals surface area contributed by atoms with Crippen LogP contribution in [0.15, 0.2) is 212 Å². The maximum absolute atomic E-state index is 14.6. The van der Waals surface area contributed by atoms with Gasteiger partial charge < -0.3 is 9.47 Å². The number of fused-ring (bicyclic) bond motifs is 6. The van der Waals surface area contributed by atoms with Gasteiger partial charge in [0.15, 0.2) is 0 Å². The molecular formula is C54H35FN2S. The van der Waals surface area contributed by atoms with E-state index in [1.165, 1.54) is 48.5 Å². The third kappa shape index (κ3) is 5.85. The Morgan fingerprint density at radius 2 is 0.966 bits per heavy atom. The van der Waals surface area contributed by atoms with Gasteiger partial charge in [0.2, 0.25) is 0 Å². The van der Waals surface area contributed by atoms with Crippen molar-refractivity contribution in [2.45, 2.75) is 0 Å². The zero-order valence-corrected chi connectivity index (χ0v) is 32.2. The van der Waals surface area contributed by atoms with Gasteiger partial charge in [-0.15, -0.1) is 11.3 Å². The van der Waals surface area contributed by atoms with Crippen LogP contribution in [-0.2, 0) is 0 Å². The zero-order chi connectivity index (χ0) is 38.6. The molecule has 274 valence electrons. The largest absolute Gasteiger partial charge is 0.310 e. The Bertz CT molecular complexity index is 3270. The summed E-state index contributed by atoms with van der Waals surface area (Å²) in [7, 11) is 0. The van der Waals surface area contributed by atoms with Crippen molar-refractivity contribution in [2.75, 3.05) is 4.90 Å². The van der Waals surface area contributed by atoms with Crippen molar-refractivity contribution in [2.24, 2.45) is 0 Å². The van der Waals surface area contributed by atoms with Crippen molar-refractivity contribution in [1.29, 1.82) is 0 Å². The van der Waals surface area contributed by atoms with E-state index < -0.39 is 0 Å². The Morgan fingerprint density at radius 3 is 1.76 bits per heavy atom. The number of hydrogen-bond acceptors (Lipinski definition) is 2. The highest BCUT2D eigenvalue weighted by Gasteiger charge is 2.17. The molecule has 4 heteroatoms. The van der Waals surface area contributed by atoms with Gasteiger partial charge in [0.25, 0.3) is 0 Å². The quantitative estimate of drug-likeness (QED) is 0.157. The molecule has 2 aromatic heterocycles. The van der Waals surface area contributed by atoms with E-state index in [1.54, 1.807) is 6.07 Å². The molecule has 11 rings (SSSR count). The lowest BCUT2D eigenvalue weighted by molar-refractivity contribution is 0.629. The summed E-state index contributed by atoms with van der Waals surface area (Å²) in [5.74, 6) is -0.243. The zero-order valence-electron chi connectivity index (χ0n) is 31.4. The van der Waals surface area contributed by atoms with Gasteiger partial charge in [-0.3, -0.25) is 0 Å². The monoisotopic (exact) mass is 762 g/mol. The standard InChI is InChI=1S/C54H35FN2S/c55-41-26-33-48-47-14-4-6-18-51(47)57(52(48)35-41)44-29-22-38(23-30-44)40-12-8-13-45(34-40)56(42-27-20-37(21-28-42)36-10-2-1-3-11-36)43-31-24-39(25-32-43)46-16-9-17-50-49-15-5-7-19-53(49)58-54(46)50/h1-35H. The normalized spacial score (nSPS) is 11.5. The van der Waals surface area contributed by atoms with Crippen molar-refractivity contribution < 1.29 is 4.39 Å². The number of para-hydroxylation sites is 1. The minimum absolute atomic E-state index is 0.243. The number of hydrogen-bond donors (Lipinski definition) is 0. The number of anilines is 3. The van der Waals surface area contributed by atoms with Gasteiger partial charge >= 0.3 is 0 Å². The molecule has 0 spiro atoms. The lowest BCUT2D eigenvalue weighted by Gasteiger charge is -2.26. The van der Waals surface area contributed by atoms with E-state index in [0.29, 0.717) is 0 Å². The molecule has 0 aliphatic carbocycles. The molecule has 0 aliphatic heterocycles. The van der Waals surface area contributed by atoms with Crippen LogP contribution in [0.2, 0.25) is 0 Å². The summed E-state index contributed by atoms with van der Waals surface area (Å²) in [5.41, 5.74) is 13.1. The predicted octanol–water partition coefficient (Wildman–Crippen LogP) is 15.8. The summed E-state index contributed by atoms with van der Waals surface area (Å²) in [5, 5.41) is 4.76. The second-order valence-electron chi connectivity index (χ2n) is 14.7. The smallest absolute Gasteiger partial charge is 0.125 e. The maximum Gasteiger partial charge on any atom is 0.125 e. The topological polar surface area (TPSA) is 8.17 Å². The van der Waals surface area contributed by atoms with E-state index in [1.807, 2.05) is 29.5 Å². The van der Waals surface area contributed by atoms with Crippen LogP contribution in [0, 0.1) is 5.82 Å². The van der Waals surface area contributed by atoms with Crippen molar-refractivity contribution in [3.8, 4) is 39.1 Å². The number of halogens is 1. The molecule has 0 N–H and O–H groups in total. The van der Waals surface area contributed by atoms with E-state index in [4.69, 9.17) is 0 Å². The second-order valence-corrected chi connectivity index (χ2v) is 15.7. The Labute approximate surface area is 339 Å². The van der Waals surface area contributed by atoms with Gasteiger partial charge in [0.1, 0.15) is 5.82 Å². The number of thiophene rings is 1. The lowest BCUT2D eigenvalue weighted by atomic mass is 10.0. The first-order valence-electron chi connectivity index (χ1n) is 19.5. The summed E-state index contributed by atoms with van der Waals surface area (Å²) in [6.45, 7) is 0. The molecule has 0 amide bonds. The minimum atomic E-state index is -0.243. The first kappa shape index (κ1) is 34.0. The highest BCUT2D eigenvalue weighted by molar-refractivity contribution is 7.26. The van der Waals surface area contributed by atoms with Crippen LogP contribution >= 0.6 is 11.3 Å². The first-order valence-corrected chi connectivity index (χ1v) is 20.3. The fraction of sp³-hybridized carbons (Fsp3) is 0. The van der Waals surface area contributed by atoms with E-state index >= 15 is 0 Å². The number of aromatic nitrogens is 1. The lowest BCUT2D eigenvalue weighted by Crippen LogP contribution is -2.10. The van der Waals surface area contributed by atoms with E-state index in [-0.39, 0.29) is 5.82 Å². The first-order chi connectivity index (χ1) is 28.7. The van der Waals surface area contributed by atoms with Crippen LogP contribution in [0.3, 0.4) is 0 Å². The van der Waals surface area contributed by atoms with Crippen LogP contribution in [0.1, 0.15) is 0 Å². The molecule has 2 nitrogen and oxygen atoms in total. The average Bonchev–Trinajstić information content (AvgIpc) is 3.83. The van der Waals surface area contributed by atoms with Crippen LogP contribution in [0.5, 0.6) is 0 Å². The van der Waals surface area contributed by atoms with Gasteiger partial charge in [0.05, 0.1) is 11.0 Å². The van der Waals surface area contributed by atoms with Crippen molar-refractivity contribution in [1.82, 2.24) is 4.57 Å². The van der Waals surface area contributed by atoms with Gasteiger partial charge in [-0.1, -0.05) is 133 Å². The van der Waals surface area contributed by atoms with Gasteiger partial charge in [-0.25, -0.2) is 4.39 Å². The van der Waals surface area contributed by atoms with Gasteiger partial charge in [0, 0.05) is 53.7 Å². The molecule has 0 radical (unpaired) electrons. The van der Waals surface area contributed by atoms with Crippen molar-refractivity contribution >= 4 is 70.4 Å². The molecule has 11 aromatic rings. The SMILES string of the molecule is Fc1ccc2c3ccccc3n(-c3ccc(-c4cccc(N(c5ccc(-c6ccccc6)cc5)c5ccc(-c6cccc7c6sc6ccccc67)cc5)c4)cc3)c2c1. The van der Waals surface area contributed by atoms with E-state index in [0.717, 1.165) is 55.7 Å². The molecule has 0 fully saturated rings. The fourth-order valence-electron chi connectivity index (χ4n) is 8.49. The summed E-state index contributed by atoms with van der Waals surface area (Å²) >= 11 is 1.86. The maximum atomic E-state index is 14.6.